The summed E-state index contributed by atoms with van der Waals surface area (Å²) in [5, 5.41) is 8.89. The van der Waals surface area contributed by atoms with Crippen LogP contribution in [0.25, 0.3) is 22.6 Å². The lowest BCUT2D eigenvalue weighted by Gasteiger charge is -2.07. The van der Waals surface area contributed by atoms with Crippen molar-refractivity contribution >= 4 is 0 Å². The third kappa shape index (κ3) is 3.13. The Bertz CT molecular complexity index is 878. The smallest absolute Gasteiger partial charge is 0.138 e. The van der Waals surface area contributed by atoms with Crippen molar-refractivity contribution < 1.29 is 9.13 Å². The number of aromatic nitrogens is 2. The van der Waals surface area contributed by atoms with E-state index >= 15 is 0 Å². The van der Waals surface area contributed by atoms with Crippen LogP contribution >= 0.6 is 0 Å². The van der Waals surface area contributed by atoms with Gasteiger partial charge in [0.15, 0.2) is 0 Å². The zero-order valence-corrected chi connectivity index (χ0v) is 13.2. The number of aryl methyl sites for hydroxylation is 1. The monoisotopic (exact) mass is 321 g/mol. The van der Waals surface area contributed by atoms with Gasteiger partial charge in [-0.2, -0.15) is 5.26 Å². The molecule has 0 aliphatic heterocycles. The molecular weight excluding hydrogens is 305 g/mol. The maximum Gasteiger partial charge on any atom is 0.138 e. The predicted octanol–water partition coefficient (Wildman–Crippen LogP) is 4.35. The molecule has 3 aromatic rings. The van der Waals surface area contributed by atoms with Crippen LogP contribution in [0.5, 0.6) is 5.75 Å². The second kappa shape index (κ2) is 6.97. The third-order valence-corrected chi connectivity index (χ3v) is 3.75. The number of nitrogens with one attached hydrogen (secondary N) is 1. The Kier molecular flexibility index (Phi) is 4.57. The average Bonchev–Trinajstić information content (AvgIpc) is 3.04. The number of methoxy groups -OCH3 is 1. The van der Waals surface area contributed by atoms with E-state index in [9.17, 15) is 4.39 Å². The van der Waals surface area contributed by atoms with Crippen LogP contribution in [0.4, 0.5) is 4.39 Å². The predicted molar refractivity (Wildman–Crippen MR) is 89.9 cm³/mol. The van der Waals surface area contributed by atoms with Gasteiger partial charge in [0.05, 0.1) is 18.9 Å². The van der Waals surface area contributed by atoms with Gasteiger partial charge in [0.25, 0.3) is 0 Å². The summed E-state index contributed by atoms with van der Waals surface area (Å²) < 4.78 is 18.6. The summed E-state index contributed by atoms with van der Waals surface area (Å²) in [6.07, 6.45) is 0.936. The number of hydrogen-bond acceptors (Lipinski definition) is 3. The summed E-state index contributed by atoms with van der Waals surface area (Å²) >= 11 is 0. The lowest BCUT2D eigenvalue weighted by molar-refractivity contribution is 0.416. The molecular formula is C19H16FN3O. The lowest BCUT2D eigenvalue weighted by atomic mass is 10.1. The van der Waals surface area contributed by atoms with Crippen LogP contribution in [0, 0.1) is 17.1 Å². The molecule has 0 aliphatic rings. The van der Waals surface area contributed by atoms with E-state index < -0.39 is 0 Å². The summed E-state index contributed by atoms with van der Waals surface area (Å²) in [5.41, 5.74) is 3.26. The van der Waals surface area contributed by atoms with Gasteiger partial charge in [0.2, 0.25) is 0 Å². The normalized spacial score (nSPS) is 10.4. The van der Waals surface area contributed by atoms with Gasteiger partial charge in [-0.15, -0.1) is 0 Å². The van der Waals surface area contributed by atoms with E-state index in [4.69, 9.17) is 10.00 Å². The Morgan fingerprint density at radius 3 is 2.62 bits per heavy atom. The SMILES string of the molecule is COc1ccccc1-c1nc(-c2ccc(F)cc2)[nH]c1CCC#N. The molecule has 120 valence electrons. The van der Waals surface area contributed by atoms with Gasteiger partial charge in [-0.3, -0.25) is 0 Å². The molecule has 0 saturated heterocycles. The fourth-order valence-corrected chi connectivity index (χ4v) is 2.58. The topological polar surface area (TPSA) is 61.7 Å². The van der Waals surface area contributed by atoms with Crippen molar-refractivity contribution in [3.8, 4) is 34.5 Å². The quantitative estimate of drug-likeness (QED) is 0.760. The minimum absolute atomic E-state index is 0.292. The number of halogens is 1. The van der Waals surface area contributed by atoms with E-state index in [0.29, 0.717) is 24.4 Å². The highest BCUT2D eigenvalue weighted by Crippen LogP contribution is 2.33. The number of ether oxygens (including phenoxy) is 1. The van der Waals surface area contributed by atoms with Crippen molar-refractivity contribution in [2.45, 2.75) is 12.8 Å². The van der Waals surface area contributed by atoms with E-state index in [0.717, 1.165) is 22.5 Å². The average molecular weight is 321 g/mol. The molecule has 1 heterocycles. The van der Waals surface area contributed by atoms with Crippen molar-refractivity contribution in [2.24, 2.45) is 0 Å². The van der Waals surface area contributed by atoms with Gasteiger partial charge in [0, 0.05) is 29.7 Å². The third-order valence-electron chi connectivity index (χ3n) is 3.75. The van der Waals surface area contributed by atoms with Crippen molar-refractivity contribution in [3.63, 3.8) is 0 Å². The first kappa shape index (κ1) is 15.8. The van der Waals surface area contributed by atoms with Gasteiger partial charge in [0.1, 0.15) is 17.4 Å². The highest BCUT2D eigenvalue weighted by molar-refractivity contribution is 5.72. The van der Waals surface area contributed by atoms with Gasteiger partial charge < -0.3 is 9.72 Å². The number of aromatic amines is 1. The molecule has 1 aromatic heterocycles. The zero-order valence-electron chi connectivity index (χ0n) is 13.2. The first-order valence-electron chi connectivity index (χ1n) is 7.58. The minimum atomic E-state index is -0.292. The highest BCUT2D eigenvalue weighted by Gasteiger charge is 2.16. The minimum Gasteiger partial charge on any atom is -0.496 e. The molecule has 24 heavy (non-hydrogen) atoms. The van der Waals surface area contributed by atoms with Crippen molar-refractivity contribution in [3.05, 3.63) is 60.0 Å². The van der Waals surface area contributed by atoms with Crippen molar-refractivity contribution in [2.75, 3.05) is 7.11 Å². The van der Waals surface area contributed by atoms with E-state index in [1.165, 1.54) is 12.1 Å². The Labute approximate surface area is 139 Å². The summed E-state index contributed by atoms with van der Waals surface area (Å²) in [5.74, 6) is 1.07. The van der Waals surface area contributed by atoms with E-state index in [1.807, 2.05) is 24.3 Å². The molecule has 0 aliphatic carbocycles. The summed E-state index contributed by atoms with van der Waals surface area (Å²) in [6, 6.07) is 15.9. The second-order valence-corrected chi connectivity index (χ2v) is 5.28. The fraction of sp³-hybridized carbons (Fsp3) is 0.158. The van der Waals surface area contributed by atoms with Gasteiger partial charge in [-0.25, -0.2) is 9.37 Å². The molecule has 0 amide bonds. The Balaban J connectivity index is 2.10. The summed E-state index contributed by atoms with van der Waals surface area (Å²) in [7, 11) is 1.61. The lowest BCUT2D eigenvalue weighted by Crippen LogP contribution is -1.92. The van der Waals surface area contributed by atoms with Crippen LogP contribution in [0.1, 0.15) is 12.1 Å². The molecule has 0 radical (unpaired) electrons. The van der Waals surface area contributed by atoms with E-state index in [2.05, 4.69) is 16.0 Å². The number of imidazole rings is 1. The molecule has 0 saturated carbocycles. The van der Waals surface area contributed by atoms with Gasteiger partial charge >= 0.3 is 0 Å². The number of nitriles is 1. The standard InChI is InChI=1S/C19H16FN3O/c1-24-17-7-3-2-5-15(17)18-16(6-4-12-21)22-19(23-18)13-8-10-14(20)11-9-13/h2-3,5,7-11H,4,6H2,1H3,(H,22,23). The van der Waals surface area contributed by atoms with Crippen LogP contribution in [0.3, 0.4) is 0 Å². The summed E-state index contributed by atoms with van der Waals surface area (Å²) in [4.78, 5) is 7.94. The van der Waals surface area contributed by atoms with Crippen LogP contribution in [0.2, 0.25) is 0 Å². The summed E-state index contributed by atoms with van der Waals surface area (Å²) in [6.45, 7) is 0. The molecule has 1 N–H and O–H groups in total. The van der Waals surface area contributed by atoms with Gasteiger partial charge in [-0.05, 0) is 36.4 Å². The van der Waals surface area contributed by atoms with Gasteiger partial charge in [-0.1, -0.05) is 12.1 Å². The largest absolute Gasteiger partial charge is 0.496 e. The highest BCUT2D eigenvalue weighted by atomic mass is 19.1. The molecule has 0 bridgehead atoms. The number of hydrogen-bond donors (Lipinski definition) is 1. The number of nitrogens with zero attached hydrogens (tertiary/aromatic N) is 2. The van der Waals surface area contributed by atoms with E-state index in [1.54, 1.807) is 19.2 Å². The molecule has 0 fully saturated rings. The Morgan fingerprint density at radius 2 is 1.92 bits per heavy atom. The molecule has 3 rings (SSSR count). The maximum atomic E-state index is 13.1. The molecule has 0 unspecified atom stereocenters. The number of benzene rings is 2. The van der Waals surface area contributed by atoms with Crippen LogP contribution < -0.4 is 4.74 Å². The molecule has 2 aromatic carbocycles. The van der Waals surface area contributed by atoms with Crippen LogP contribution in [0.15, 0.2) is 48.5 Å². The Hall–Kier alpha value is -3.13. The second-order valence-electron chi connectivity index (χ2n) is 5.28. The molecule has 0 atom stereocenters. The van der Waals surface area contributed by atoms with Crippen molar-refractivity contribution in [1.82, 2.24) is 9.97 Å². The Morgan fingerprint density at radius 1 is 1.17 bits per heavy atom. The number of H-pyrrole nitrogens is 1. The maximum absolute atomic E-state index is 13.1. The molecule has 4 nitrogen and oxygen atoms in total. The number of para-hydroxylation sites is 1. The first-order valence-corrected chi connectivity index (χ1v) is 7.58. The van der Waals surface area contributed by atoms with Crippen LogP contribution in [-0.4, -0.2) is 17.1 Å². The van der Waals surface area contributed by atoms with E-state index in [-0.39, 0.29) is 5.82 Å². The van der Waals surface area contributed by atoms with Crippen LogP contribution in [-0.2, 0) is 6.42 Å². The molecule has 5 heteroatoms. The zero-order chi connectivity index (χ0) is 16.9. The fourth-order valence-electron chi connectivity index (χ4n) is 2.58. The number of rotatable bonds is 5. The molecule has 0 spiro atoms. The first-order chi connectivity index (χ1) is 11.7. The van der Waals surface area contributed by atoms with Crippen molar-refractivity contribution in [1.29, 1.82) is 5.26 Å².